The van der Waals surface area contributed by atoms with Crippen LogP contribution in [0.5, 0.6) is 0 Å². The Labute approximate surface area is 155 Å². The SMILES string of the molecule is c1ccc(-c2ccc(C(c3cccnc3)N3CCCNCC3)cc2)cc1. The Balaban J connectivity index is 1.67. The van der Waals surface area contributed by atoms with Crippen molar-refractivity contribution in [2.45, 2.75) is 12.5 Å². The van der Waals surface area contributed by atoms with Crippen LogP contribution < -0.4 is 5.32 Å². The smallest absolute Gasteiger partial charge is 0.0617 e. The highest BCUT2D eigenvalue weighted by atomic mass is 15.2. The van der Waals surface area contributed by atoms with Gasteiger partial charge in [-0.25, -0.2) is 0 Å². The Morgan fingerprint density at radius 3 is 2.35 bits per heavy atom. The first kappa shape index (κ1) is 17.0. The van der Waals surface area contributed by atoms with Gasteiger partial charge in [0, 0.05) is 32.0 Å². The van der Waals surface area contributed by atoms with Crippen molar-refractivity contribution in [2.75, 3.05) is 26.2 Å². The van der Waals surface area contributed by atoms with Gasteiger partial charge in [0.05, 0.1) is 6.04 Å². The standard InChI is InChI=1S/C23H25N3/c1-2-6-19(7-3-1)20-9-11-21(12-10-20)23(22-8-4-13-25-18-22)26-16-5-14-24-15-17-26/h1-4,6-13,18,23-24H,5,14-17H2. The Bertz CT molecular complexity index is 792. The van der Waals surface area contributed by atoms with Crippen molar-refractivity contribution in [3.63, 3.8) is 0 Å². The summed E-state index contributed by atoms with van der Waals surface area (Å²) in [6, 6.07) is 24.1. The molecule has 1 fully saturated rings. The lowest BCUT2D eigenvalue weighted by Gasteiger charge is -2.31. The Morgan fingerprint density at radius 1 is 0.769 bits per heavy atom. The lowest BCUT2D eigenvalue weighted by Crippen LogP contribution is -2.33. The molecule has 0 amide bonds. The minimum absolute atomic E-state index is 0.258. The molecule has 3 aromatic rings. The maximum atomic E-state index is 4.37. The predicted octanol–water partition coefficient (Wildman–Crippen LogP) is 4.13. The minimum Gasteiger partial charge on any atom is -0.315 e. The van der Waals surface area contributed by atoms with Crippen LogP contribution in [-0.2, 0) is 0 Å². The molecule has 0 saturated carbocycles. The first-order valence-corrected chi connectivity index (χ1v) is 9.42. The van der Waals surface area contributed by atoms with Gasteiger partial charge in [-0.2, -0.15) is 0 Å². The zero-order valence-electron chi connectivity index (χ0n) is 15.0. The first-order valence-electron chi connectivity index (χ1n) is 9.42. The average Bonchev–Trinajstić information content (AvgIpc) is 3.00. The number of nitrogens with one attached hydrogen (secondary N) is 1. The van der Waals surface area contributed by atoms with Gasteiger partial charge in [-0.3, -0.25) is 9.88 Å². The molecule has 1 aromatic heterocycles. The Hall–Kier alpha value is -2.49. The molecule has 1 N–H and O–H groups in total. The van der Waals surface area contributed by atoms with Gasteiger partial charge < -0.3 is 5.32 Å². The summed E-state index contributed by atoms with van der Waals surface area (Å²) in [6.07, 6.45) is 5.04. The van der Waals surface area contributed by atoms with Crippen molar-refractivity contribution in [2.24, 2.45) is 0 Å². The summed E-state index contributed by atoms with van der Waals surface area (Å²) in [4.78, 5) is 6.95. The molecule has 1 aliphatic rings. The highest BCUT2D eigenvalue weighted by Crippen LogP contribution is 2.30. The van der Waals surface area contributed by atoms with Crippen LogP contribution in [0.25, 0.3) is 11.1 Å². The van der Waals surface area contributed by atoms with E-state index in [-0.39, 0.29) is 6.04 Å². The van der Waals surface area contributed by atoms with Gasteiger partial charge in [0.15, 0.2) is 0 Å². The second-order valence-corrected chi connectivity index (χ2v) is 6.82. The molecular weight excluding hydrogens is 318 g/mol. The number of hydrogen-bond donors (Lipinski definition) is 1. The van der Waals surface area contributed by atoms with E-state index in [2.05, 4.69) is 75.9 Å². The van der Waals surface area contributed by atoms with E-state index in [0.29, 0.717) is 0 Å². The minimum atomic E-state index is 0.258. The van der Waals surface area contributed by atoms with E-state index >= 15 is 0 Å². The Kier molecular flexibility index (Phi) is 5.38. The van der Waals surface area contributed by atoms with E-state index in [4.69, 9.17) is 0 Å². The molecule has 3 heteroatoms. The lowest BCUT2D eigenvalue weighted by molar-refractivity contribution is 0.241. The van der Waals surface area contributed by atoms with Gasteiger partial charge in [0.25, 0.3) is 0 Å². The number of hydrogen-bond acceptors (Lipinski definition) is 3. The fourth-order valence-electron chi connectivity index (χ4n) is 3.77. The predicted molar refractivity (Wildman–Crippen MR) is 107 cm³/mol. The molecule has 3 nitrogen and oxygen atoms in total. The maximum absolute atomic E-state index is 4.37. The van der Waals surface area contributed by atoms with E-state index in [0.717, 1.165) is 26.2 Å². The molecule has 1 saturated heterocycles. The third kappa shape index (κ3) is 3.85. The molecule has 0 bridgehead atoms. The third-order valence-electron chi connectivity index (χ3n) is 5.07. The molecule has 0 spiro atoms. The molecule has 2 heterocycles. The van der Waals surface area contributed by atoms with Crippen molar-refractivity contribution in [1.29, 1.82) is 0 Å². The summed E-state index contributed by atoms with van der Waals surface area (Å²) < 4.78 is 0. The van der Waals surface area contributed by atoms with Crippen LogP contribution in [0.1, 0.15) is 23.6 Å². The molecule has 4 rings (SSSR count). The van der Waals surface area contributed by atoms with Crippen LogP contribution in [0.4, 0.5) is 0 Å². The van der Waals surface area contributed by atoms with Gasteiger partial charge in [-0.1, -0.05) is 60.7 Å². The van der Waals surface area contributed by atoms with E-state index in [1.165, 1.54) is 28.7 Å². The van der Waals surface area contributed by atoms with E-state index < -0.39 is 0 Å². The quantitative estimate of drug-likeness (QED) is 0.772. The molecule has 1 unspecified atom stereocenters. The molecule has 132 valence electrons. The summed E-state index contributed by atoms with van der Waals surface area (Å²) in [5.74, 6) is 0. The van der Waals surface area contributed by atoms with Crippen molar-refractivity contribution < 1.29 is 0 Å². The maximum Gasteiger partial charge on any atom is 0.0617 e. The van der Waals surface area contributed by atoms with Crippen LogP contribution in [0.3, 0.4) is 0 Å². The van der Waals surface area contributed by atoms with Crippen LogP contribution in [-0.4, -0.2) is 36.1 Å². The van der Waals surface area contributed by atoms with Gasteiger partial charge in [-0.15, -0.1) is 0 Å². The molecular formula is C23H25N3. The second kappa shape index (κ2) is 8.26. The monoisotopic (exact) mass is 343 g/mol. The lowest BCUT2D eigenvalue weighted by atomic mass is 9.95. The van der Waals surface area contributed by atoms with Crippen molar-refractivity contribution >= 4 is 0 Å². The summed E-state index contributed by atoms with van der Waals surface area (Å²) in [6.45, 7) is 4.30. The average molecular weight is 343 g/mol. The highest BCUT2D eigenvalue weighted by Gasteiger charge is 2.23. The van der Waals surface area contributed by atoms with Crippen molar-refractivity contribution in [3.05, 3.63) is 90.3 Å². The summed E-state index contributed by atoms with van der Waals surface area (Å²) in [5.41, 5.74) is 5.12. The number of benzene rings is 2. The number of rotatable bonds is 4. The third-order valence-corrected chi connectivity index (χ3v) is 5.07. The summed E-state index contributed by atoms with van der Waals surface area (Å²) in [7, 11) is 0. The summed E-state index contributed by atoms with van der Waals surface area (Å²) >= 11 is 0. The fourth-order valence-corrected chi connectivity index (χ4v) is 3.77. The van der Waals surface area contributed by atoms with Gasteiger partial charge in [0.1, 0.15) is 0 Å². The van der Waals surface area contributed by atoms with E-state index in [1.54, 1.807) is 0 Å². The van der Waals surface area contributed by atoms with Gasteiger partial charge in [0.2, 0.25) is 0 Å². The first-order chi connectivity index (χ1) is 12.9. The summed E-state index contributed by atoms with van der Waals surface area (Å²) in [5, 5.41) is 3.51. The topological polar surface area (TPSA) is 28.2 Å². The van der Waals surface area contributed by atoms with Crippen LogP contribution in [0.2, 0.25) is 0 Å². The molecule has 26 heavy (non-hydrogen) atoms. The molecule has 1 aliphatic heterocycles. The second-order valence-electron chi connectivity index (χ2n) is 6.82. The van der Waals surface area contributed by atoms with Crippen LogP contribution in [0, 0.1) is 0 Å². The molecule has 0 radical (unpaired) electrons. The molecule has 2 aromatic carbocycles. The Morgan fingerprint density at radius 2 is 1.58 bits per heavy atom. The fraction of sp³-hybridized carbons (Fsp3) is 0.261. The normalized spacial score (nSPS) is 16.8. The zero-order valence-corrected chi connectivity index (χ0v) is 15.0. The van der Waals surface area contributed by atoms with Gasteiger partial charge >= 0.3 is 0 Å². The zero-order chi connectivity index (χ0) is 17.6. The number of nitrogens with zero attached hydrogens (tertiary/aromatic N) is 2. The van der Waals surface area contributed by atoms with Crippen LogP contribution >= 0.6 is 0 Å². The number of pyridine rings is 1. The van der Waals surface area contributed by atoms with Crippen molar-refractivity contribution in [1.82, 2.24) is 15.2 Å². The van der Waals surface area contributed by atoms with Crippen molar-refractivity contribution in [3.8, 4) is 11.1 Å². The van der Waals surface area contributed by atoms with E-state index in [9.17, 15) is 0 Å². The largest absolute Gasteiger partial charge is 0.315 e. The highest BCUT2D eigenvalue weighted by molar-refractivity contribution is 5.63. The molecule has 1 atom stereocenters. The van der Waals surface area contributed by atoms with Crippen LogP contribution in [0.15, 0.2) is 79.1 Å². The van der Waals surface area contributed by atoms with Gasteiger partial charge in [-0.05, 0) is 41.3 Å². The van der Waals surface area contributed by atoms with E-state index in [1.807, 2.05) is 18.5 Å². The number of aromatic nitrogens is 1. The molecule has 0 aliphatic carbocycles.